The summed E-state index contributed by atoms with van der Waals surface area (Å²) in [5, 5.41) is 31.3. The van der Waals surface area contributed by atoms with Crippen LogP contribution in [0.1, 0.15) is 53.6 Å². The molecule has 4 aromatic rings. The summed E-state index contributed by atoms with van der Waals surface area (Å²) in [7, 11) is 1.62. The molecule has 3 atom stereocenters. The summed E-state index contributed by atoms with van der Waals surface area (Å²) >= 11 is 0. The molecule has 0 bridgehead atoms. The highest BCUT2D eigenvalue weighted by molar-refractivity contribution is 5.56. The summed E-state index contributed by atoms with van der Waals surface area (Å²) in [6, 6.07) is 23.3. The third-order valence-electron chi connectivity index (χ3n) is 7.30. The first-order valence-corrected chi connectivity index (χ1v) is 12.6. The van der Waals surface area contributed by atoms with Crippen LogP contribution < -0.4 is 0 Å². The van der Waals surface area contributed by atoms with Crippen LogP contribution in [0.4, 0.5) is 8.78 Å². The zero-order valence-corrected chi connectivity index (χ0v) is 21.9. The first-order valence-electron chi connectivity index (χ1n) is 12.6. The van der Waals surface area contributed by atoms with Gasteiger partial charge in [0.25, 0.3) is 0 Å². The number of likely N-dealkylation sites (tertiary alicyclic amines) is 1. The maximum atomic E-state index is 16.1. The van der Waals surface area contributed by atoms with Crippen LogP contribution in [0.2, 0.25) is 0 Å². The molecule has 1 saturated heterocycles. The van der Waals surface area contributed by atoms with E-state index in [4.69, 9.17) is 0 Å². The van der Waals surface area contributed by atoms with Gasteiger partial charge < -0.3 is 0 Å². The first-order chi connectivity index (χ1) is 18.7. The van der Waals surface area contributed by atoms with Gasteiger partial charge in [0.1, 0.15) is 11.5 Å². The molecule has 9 heteroatoms. The minimum atomic E-state index is -1.71. The van der Waals surface area contributed by atoms with Crippen LogP contribution in [0.5, 0.6) is 0 Å². The second-order valence-corrected chi connectivity index (χ2v) is 10.5. The fraction of sp³-hybridized carbons (Fsp3) is 0.300. The smallest absolute Gasteiger partial charge is 0.205 e. The molecule has 39 heavy (non-hydrogen) atoms. The largest absolute Gasteiger partial charge is 0.291 e. The van der Waals surface area contributed by atoms with Gasteiger partial charge in [-0.25, -0.2) is 8.78 Å². The van der Waals surface area contributed by atoms with E-state index >= 15 is 4.39 Å². The minimum absolute atomic E-state index is 0.257. The van der Waals surface area contributed by atoms with Gasteiger partial charge in [0.05, 0.1) is 30.3 Å². The summed E-state index contributed by atoms with van der Waals surface area (Å²) < 4.78 is 31.1. The third kappa shape index (κ3) is 5.27. The lowest BCUT2D eigenvalue weighted by Gasteiger charge is -2.54. The van der Waals surface area contributed by atoms with Gasteiger partial charge >= 0.3 is 0 Å². The Morgan fingerprint density at radius 2 is 1.85 bits per heavy atom. The molecule has 5 rings (SSSR count). The highest BCUT2D eigenvalue weighted by atomic mass is 19.1. The van der Waals surface area contributed by atoms with E-state index in [2.05, 4.69) is 32.4 Å². The molecule has 1 aromatic heterocycles. The molecule has 0 amide bonds. The molecule has 1 aliphatic rings. The van der Waals surface area contributed by atoms with E-state index in [-0.39, 0.29) is 17.8 Å². The van der Waals surface area contributed by atoms with Gasteiger partial charge in [0, 0.05) is 36.5 Å². The van der Waals surface area contributed by atoms with Gasteiger partial charge in [0.2, 0.25) is 5.82 Å². The summed E-state index contributed by atoms with van der Waals surface area (Å²) in [5.41, 5.74) is 2.04. The summed E-state index contributed by atoms with van der Waals surface area (Å²) in [4.78, 5) is 3.47. The zero-order chi connectivity index (χ0) is 27.7. The van der Waals surface area contributed by atoms with Crippen LogP contribution >= 0.6 is 0 Å². The van der Waals surface area contributed by atoms with Gasteiger partial charge in [-0.15, -0.1) is 10.2 Å². The minimum Gasteiger partial charge on any atom is -0.291 e. The van der Waals surface area contributed by atoms with Gasteiger partial charge in [0.15, 0.2) is 0 Å². The van der Waals surface area contributed by atoms with Crippen molar-refractivity contribution < 1.29 is 8.78 Å². The Labute approximate surface area is 225 Å². The van der Waals surface area contributed by atoms with E-state index < -0.39 is 17.4 Å². The highest BCUT2D eigenvalue weighted by Gasteiger charge is 2.50. The maximum Gasteiger partial charge on any atom is 0.205 e. The monoisotopic (exact) mass is 523 g/mol. The quantitative estimate of drug-likeness (QED) is 0.319. The van der Waals surface area contributed by atoms with Crippen LogP contribution in [-0.2, 0) is 13.6 Å². The summed E-state index contributed by atoms with van der Waals surface area (Å²) in [6.45, 7) is 4.06. The van der Waals surface area contributed by atoms with Crippen LogP contribution in [0.15, 0.2) is 66.7 Å². The van der Waals surface area contributed by atoms with Crippen molar-refractivity contribution >= 4 is 0 Å². The number of halogens is 2. The molecular formula is C30H27F2N7. The number of nitriles is 2. The van der Waals surface area contributed by atoms with Crippen molar-refractivity contribution in [1.82, 2.24) is 25.1 Å². The lowest BCUT2D eigenvalue weighted by molar-refractivity contribution is -0.0424. The Bertz CT molecular complexity index is 1590. The normalized spacial score (nSPS) is 18.1. The molecule has 7 nitrogen and oxygen atoms in total. The van der Waals surface area contributed by atoms with Crippen molar-refractivity contribution in [3.05, 3.63) is 100 Å². The van der Waals surface area contributed by atoms with E-state index in [1.807, 2.05) is 30.3 Å². The Balaban J connectivity index is 1.58. The molecule has 2 heterocycles. The molecule has 1 fully saturated rings. The molecule has 1 aliphatic heterocycles. The number of nitrogens with zero attached hydrogens (tertiary/aromatic N) is 7. The van der Waals surface area contributed by atoms with E-state index in [9.17, 15) is 14.9 Å². The number of aromatic nitrogens is 4. The number of hydrogen-bond acceptors (Lipinski definition) is 6. The molecule has 3 unspecified atom stereocenters. The SMILES string of the molecule is Cn1nnc(-c2cc(F)cc(C(C3CN(Cc4cccc(C#N)c4)C3c3ccccc3C#N)C(C)(C)F)c2)n1. The molecule has 3 aromatic carbocycles. The highest BCUT2D eigenvalue weighted by Crippen LogP contribution is 2.52. The number of alkyl halides is 1. The third-order valence-corrected chi connectivity index (χ3v) is 7.30. The second kappa shape index (κ2) is 10.4. The molecule has 0 saturated carbocycles. The lowest BCUT2D eigenvalue weighted by atomic mass is 9.66. The Kier molecular flexibility index (Phi) is 6.94. The van der Waals surface area contributed by atoms with Crippen molar-refractivity contribution in [2.75, 3.05) is 6.54 Å². The summed E-state index contributed by atoms with van der Waals surface area (Å²) in [5.74, 6) is -1.21. The molecular weight excluding hydrogens is 496 g/mol. The van der Waals surface area contributed by atoms with Crippen molar-refractivity contribution in [2.45, 2.75) is 38.0 Å². The van der Waals surface area contributed by atoms with Crippen molar-refractivity contribution in [1.29, 1.82) is 10.5 Å². The van der Waals surface area contributed by atoms with Crippen LogP contribution in [-0.4, -0.2) is 37.3 Å². The van der Waals surface area contributed by atoms with E-state index in [1.165, 1.54) is 30.8 Å². The van der Waals surface area contributed by atoms with E-state index in [0.717, 1.165) is 11.1 Å². The number of hydrogen-bond donors (Lipinski definition) is 0. The number of benzene rings is 3. The van der Waals surface area contributed by atoms with Crippen LogP contribution in [0, 0.1) is 34.4 Å². The van der Waals surface area contributed by atoms with Gasteiger partial charge in [-0.05, 0) is 72.1 Å². The van der Waals surface area contributed by atoms with E-state index in [1.54, 1.807) is 31.3 Å². The molecule has 0 N–H and O–H groups in total. The Morgan fingerprint density at radius 1 is 1.05 bits per heavy atom. The average molecular weight is 524 g/mol. The predicted octanol–water partition coefficient (Wildman–Crippen LogP) is 5.46. The fourth-order valence-corrected chi connectivity index (χ4v) is 5.80. The second-order valence-electron chi connectivity index (χ2n) is 10.5. The van der Waals surface area contributed by atoms with Crippen LogP contribution in [0.25, 0.3) is 11.4 Å². The van der Waals surface area contributed by atoms with Crippen molar-refractivity contribution in [3.63, 3.8) is 0 Å². The predicted molar refractivity (Wildman–Crippen MR) is 141 cm³/mol. The van der Waals surface area contributed by atoms with Crippen molar-refractivity contribution in [2.24, 2.45) is 13.0 Å². The molecule has 0 spiro atoms. The van der Waals surface area contributed by atoms with Gasteiger partial charge in [-0.2, -0.15) is 15.3 Å². The molecule has 0 radical (unpaired) electrons. The number of aryl methyl sites for hydroxylation is 1. The number of rotatable bonds is 7. The average Bonchev–Trinajstić information content (AvgIpc) is 3.33. The number of tetrazole rings is 1. The van der Waals surface area contributed by atoms with Gasteiger partial charge in [-0.1, -0.05) is 30.3 Å². The fourth-order valence-electron chi connectivity index (χ4n) is 5.80. The standard InChI is InChI=1S/C30H27F2N7/c1-30(2,32)27(22-12-23(14-24(31)13-22)29-35-37-38(3)36-29)26-18-39(17-20-8-6-7-19(11-20)15-33)28(26)25-10-5-4-9-21(25)16-34/h4-14,26-28H,17-18H2,1-3H3. The van der Waals surface area contributed by atoms with Gasteiger partial charge in [-0.3, -0.25) is 4.90 Å². The van der Waals surface area contributed by atoms with E-state index in [0.29, 0.717) is 35.3 Å². The summed E-state index contributed by atoms with van der Waals surface area (Å²) in [6.07, 6.45) is 0. The topological polar surface area (TPSA) is 94.4 Å². The lowest BCUT2D eigenvalue weighted by Crippen LogP contribution is -2.54. The van der Waals surface area contributed by atoms with Crippen LogP contribution in [0.3, 0.4) is 0 Å². The van der Waals surface area contributed by atoms with Crippen molar-refractivity contribution in [3.8, 4) is 23.5 Å². The molecule has 0 aliphatic carbocycles. The Morgan fingerprint density at radius 3 is 2.54 bits per heavy atom. The Hall–Kier alpha value is -4.47. The maximum absolute atomic E-state index is 16.1. The first kappa shape index (κ1) is 26.1. The zero-order valence-electron chi connectivity index (χ0n) is 21.9. The molecule has 196 valence electrons.